The number of benzene rings is 2. The molecule has 0 radical (unpaired) electrons. The fourth-order valence-electron chi connectivity index (χ4n) is 2.16. The molecule has 3 aromatic rings. The van der Waals surface area contributed by atoms with E-state index in [1.807, 2.05) is 32.0 Å². The van der Waals surface area contributed by atoms with Gasteiger partial charge in [0.05, 0.1) is 10.4 Å². The first kappa shape index (κ1) is 15.4. The number of hydrogen-bond donors (Lipinski definition) is 2. The second-order valence-corrected chi connectivity index (χ2v) is 6.97. The molecule has 0 amide bonds. The predicted molar refractivity (Wildman–Crippen MR) is 89.4 cm³/mol. The van der Waals surface area contributed by atoms with E-state index in [1.54, 1.807) is 24.3 Å². The van der Waals surface area contributed by atoms with Crippen LogP contribution < -0.4 is 10.3 Å². The Morgan fingerprint density at radius 1 is 0.913 bits per heavy atom. The molecule has 3 rings (SSSR count). The molecule has 1 heterocycles. The summed E-state index contributed by atoms with van der Waals surface area (Å²) in [5.41, 5.74) is 5.48. The number of aryl methyl sites for hydroxylation is 2. The van der Waals surface area contributed by atoms with Crippen molar-refractivity contribution in [1.82, 2.24) is 14.8 Å². The van der Waals surface area contributed by atoms with Crippen LogP contribution in [0, 0.1) is 13.8 Å². The highest BCUT2D eigenvalue weighted by Crippen LogP contribution is 2.20. The Morgan fingerprint density at radius 2 is 1.61 bits per heavy atom. The Hall–Kier alpha value is -2.51. The van der Waals surface area contributed by atoms with Gasteiger partial charge in [0.1, 0.15) is 6.33 Å². The van der Waals surface area contributed by atoms with Crippen LogP contribution in [0.5, 0.6) is 0 Å². The molecule has 0 saturated carbocycles. The molecule has 6 nitrogen and oxygen atoms in total. The van der Waals surface area contributed by atoms with E-state index >= 15 is 0 Å². The van der Waals surface area contributed by atoms with Crippen LogP contribution in [-0.4, -0.2) is 18.4 Å². The molecule has 2 aromatic carbocycles. The van der Waals surface area contributed by atoms with Crippen molar-refractivity contribution in [2.24, 2.45) is 0 Å². The van der Waals surface area contributed by atoms with Crippen LogP contribution in [0.25, 0.3) is 10.9 Å². The predicted octanol–water partition coefficient (Wildman–Crippen LogP) is 2.55. The summed E-state index contributed by atoms with van der Waals surface area (Å²) in [5.74, 6) is 0.408. The lowest BCUT2D eigenvalue weighted by Gasteiger charge is -2.11. The Kier molecular flexibility index (Phi) is 3.97. The van der Waals surface area contributed by atoms with Crippen molar-refractivity contribution in [2.45, 2.75) is 18.7 Å². The van der Waals surface area contributed by atoms with Crippen molar-refractivity contribution in [3.8, 4) is 0 Å². The van der Waals surface area contributed by atoms with E-state index in [4.69, 9.17) is 0 Å². The normalized spacial score (nSPS) is 11.6. The summed E-state index contributed by atoms with van der Waals surface area (Å²) in [6.45, 7) is 3.87. The van der Waals surface area contributed by atoms with Crippen LogP contribution in [-0.2, 0) is 10.0 Å². The van der Waals surface area contributed by atoms with Crippen LogP contribution >= 0.6 is 0 Å². The second-order valence-electron chi connectivity index (χ2n) is 5.29. The van der Waals surface area contributed by atoms with Crippen LogP contribution in [0.15, 0.2) is 53.7 Å². The summed E-state index contributed by atoms with van der Waals surface area (Å²) < 4.78 is 24.6. The van der Waals surface area contributed by atoms with Gasteiger partial charge in [0.2, 0.25) is 0 Å². The maximum Gasteiger partial charge on any atom is 0.257 e. The highest BCUT2D eigenvalue weighted by atomic mass is 32.2. The van der Waals surface area contributed by atoms with Gasteiger partial charge in [-0.05, 0) is 43.7 Å². The largest absolute Gasteiger partial charge is 0.291 e. The molecule has 118 valence electrons. The SMILES string of the molecule is Cc1ccc(S(=O)(=O)NNc2ncnc3cc(C)ccc23)cc1. The van der Waals surface area contributed by atoms with Gasteiger partial charge >= 0.3 is 0 Å². The topological polar surface area (TPSA) is 84.0 Å². The van der Waals surface area contributed by atoms with Crippen LogP contribution in [0.2, 0.25) is 0 Å². The number of hydrazine groups is 1. The molecule has 0 aliphatic rings. The molecule has 23 heavy (non-hydrogen) atoms. The third-order valence-electron chi connectivity index (χ3n) is 3.43. The van der Waals surface area contributed by atoms with Crippen molar-refractivity contribution >= 4 is 26.7 Å². The fraction of sp³-hybridized carbons (Fsp3) is 0.125. The van der Waals surface area contributed by atoms with Gasteiger partial charge in [-0.15, -0.1) is 4.83 Å². The number of sulfonamides is 1. The minimum absolute atomic E-state index is 0.185. The van der Waals surface area contributed by atoms with Crippen LogP contribution in [0.4, 0.5) is 5.82 Å². The highest BCUT2D eigenvalue weighted by molar-refractivity contribution is 7.89. The third-order valence-corrected chi connectivity index (χ3v) is 4.69. The average Bonchev–Trinajstić information content (AvgIpc) is 2.53. The lowest BCUT2D eigenvalue weighted by atomic mass is 10.2. The van der Waals surface area contributed by atoms with E-state index in [-0.39, 0.29) is 4.90 Å². The number of nitrogens with zero attached hydrogens (tertiary/aromatic N) is 2. The van der Waals surface area contributed by atoms with Gasteiger partial charge < -0.3 is 0 Å². The Balaban J connectivity index is 1.87. The number of aromatic nitrogens is 2. The fourth-order valence-corrected chi connectivity index (χ4v) is 3.00. The third kappa shape index (κ3) is 3.30. The van der Waals surface area contributed by atoms with E-state index in [9.17, 15) is 8.42 Å². The first-order valence-corrected chi connectivity index (χ1v) is 8.50. The molecule has 0 unspecified atom stereocenters. The molecular weight excluding hydrogens is 312 g/mol. The highest BCUT2D eigenvalue weighted by Gasteiger charge is 2.14. The Bertz CT molecular complexity index is 953. The molecule has 0 aliphatic carbocycles. The van der Waals surface area contributed by atoms with Gasteiger partial charge in [-0.1, -0.05) is 23.8 Å². The number of fused-ring (bicyclic) bond motifs is 1. The molecule has 7 heteroatoms. The minimum Gasteiger partial charge on any atom is -0.291 e. The summed E-state index contributed by atoms with van der Waals surface area (Å²) in [6.07, 6.45) is 1.39. The Labute approximate surface area is 134 Å². The van der Waals surface area contributed by atoms with Gasteiger partial charge in [-0.2, -0.15) is 0 Å². The van der Waals surface area contributed by atoms with Crippen molar-refractivity contribution in [3.63, 3.8) is 0 Å². The molecule has 1 aromatic heterocycles. The number of anilines is 1. The van der Waals surface area contributed by atoms with Crippen LogP contribution in [0.3, 0.4) is 0 Å². The monoisotopic (exact) mass is 328 g/mol. The average molecular weight is 328 g/mol. The van der Waals surface area contributed by atoms with Crippen molar-refractivity contribution < 1.29 is 8.42 Å². The Morgan fingerprint density at radius 3 is 2.35 bits per heavy atom. The zero-order valence-corrected chi connectivity index (χ0v) is 13.6. The maximum atomic E-state index is 12.3. The number of rotatable bonds is 4. The van der Waals surface area contributed by atoms with Gasteiger partial charge in [-0.25, -0.2) is 18.4 Å². The summed E-state index contributed by atoms with van der Waals surface area (Å²) in [5, 5.41) is 0.740. The van der Waals surface area contributed by atoms with E-state index in [1.165, 1.54) is 6.33 Å². The van der Waals surface area contributed by atoms with E-state index in [2.05, 4.69) is 20.2 Å². The zero-order valence-electron chi connectivity index (χ0n) is 12.7. The molecule has 2 N–H and O–H groups in total. The molecular formula is C16H16N4O2S. The molecule has 0 atom stereocenters. The molecule has 0 saturated heterocycles. The first-order chi connectivity index (χ1) is 11.0. The van der Waals surface area contributed by atoms with E-state index in [0.717, 1.165) is 22.0 Å². The lowest BCUT2D eigenvalue weighted by molar-refractivity contribution is 0.587. The summed E-state index contributed by atoms with van der Waals surface area (Å²) in [4.78, 5) is 10.8. The maximum absolute atomic E-state index is 12.3. The van der Waals surface area contributed by atoms with Crippen molar-refractivity contribution in [1.29, 1.82) is 0 Å². The van der Waals surface area contributed by atoms with Gasteiger partial charge in [0, 0.05) is 5.39 Å². The molecule has 0 aliphatic heterocycles. The smallest absolute Gasteiger partial charge is 0.257 e. The van der Waals surface area contributed by atoms with Crippen molar-refractivity contribution in [2.75, 3.05) is 5.43 Å². The summed E-state index contributed by atoms with van der Waals surface area (Å²) in [6, 6.07) is 12.3. The quantitative estimate of drug-likeness (QED) is 0.719. The first-order valence-electron chi connectivity index (χ1n) is 7.01. The summed E-state index contributed by atoms with van der Waals surface area (Å²) in [7, 11) is -3.67. The number of hydrogen-bond acceptors (Lipinski definition) is 5. The lowest BCUT2D eigenvalue weighted by Crippen LogP contribution is -2.30. The zero-order chi connectivity index (χ0) is 16.4. The van der Waals surface area contributed by atoms with E-state index < -0.39 is 10.0 Å². The van der Waals surface area contributed by atoms with Gasteiger partial charge in [0.25, 0.3) is 10.0 Å². The molecule has 0 fully saturated rings. The van der Waals surface area contributed by atoms with E-state index in [0.29, 0.717) is 5.82 Å². The molecule has 0 spiro atoms. The van der Waals surface area contributed by atoms with Crippen LogP contribution in [0.1, 0.15) is 11.1 Å². The summed E-state index contributed by atoms with van der Waals surface area (Å²) >= 11 is 0. The second kappa shape index (κ2) is 5.94. The standard InChI is InChI=1S/C16H16N4O2S/c1-11-3-6-13(7-4-11)23(21,22)20-19-16-14-8-5-12(2)9-15(14)17-10-18-16/h3-10,20H,1-2H3,(H,17,18,19). The van der Waals surface area contributed by atoms with Gasteiger partial charge in [-0.3, -0.25) is 5.43 Å². The van der Waals surface area contributed by atoms with Gasteiger partial charge in [0.15, 0.2) is 5.82 Å². The molecule has 0 bridgehead atoms. The van der Waals surface area contributed by atoms with Crippen molar-refractivity contribution in [3.05, 3.63) is 59.9 Å². The number of nitrogens with one attached hydrogen (secondary N) is 2. The minimum atomic E-state index is -3.67.